The van der Waals surface area contributed by atoms with E-state index in [1.54, 1.807) is 20.8 Å². The molecule has 2 amide bonds. The molecule has 1 aromatic rings. The molecule has 1 aromatic heterocycles. The predicted molar refractivity (Wildman–Crippen MR) is 70.1 cm³/mol. The van der Waals surface area contributed by atoms with E-state index in [9.17, 15) is 14.0 Å². The van der Waals surface area contributed by atoms with Crippen LogP contribution in [-0.4, -0.2) is 34.0 Å². The highest BCUT2D eigenvalue weighted by molar-refractivity contribution is 6.08. The fraction of sp³-hybridized carbons (Fsp3) is 0.357. The van der Waals surface area contributed by atoms with Crippen molar-refractivity contribution in [2.45, 2.75) is 26.4 Å². The number of aromatic nitrogens is 1. The van der Waals surface area contributed by atoms with Crippen molar-refractivity contribution < 1.29 is 18.7 Å². The molecule has 6 heteroatoms. The van der Waals surface area contributed by atoms with Crippen LogP contribution in [0.4, 0.5) is 9.18 Å². The second-order valence-electron chi connectivity index (χ2n) is 5.44. The number of rotatable bonds is 1. The van der Waals surface area contributed by atoms with Crippen LogP contribution in [0.15, 0.2) is 24.4 Å². The first-order valence-corrected chi connectivity index (χ1v) is 6.13. The standard InChI is InChI=1S/C14H15FN2O3/c1-14(2,3)20-13(19)17-8-10(6-12(17)18)9-4-5-11(15)16-7-9/h4-7H,8H2,1-3H3. The van der Waals surface area contributed by atoms with E-state index in [2.05, 4.69) is 4.98 Å². The van der Waals surface area contributed by atoms with Gasteiger partial charge in [0.15, 0.2) is 0 Å². The summed E-state index contributed by atoms with van der Waals surface area (Å²) < 4.78 is 17.9. The van der Waals surface area contributed by atoms with Gasteiger partial charge in [-0.15, -0.1) is 0 Å². The molecule has 0 saturated carbocycles. The van der Waals surface area contributed by atoms with Gasteiger partial charge in [0.1, 0.15) is 5.60 Å². The van der Waals surface area contributed by atoms with E-state index in [4.69, 9.17) is 4.74 Å². The van der Waals surface area contributed by atoms with Crippen LogP contribution < -0.4 is 0 Å². The van der Waals surface area contributed by atoms with Gasteiger partial charge < -0.3 is 4.74 Å². The number of ether oxygens (including phenoxy) is 1. The third-order valence-corrected chi connectivity index (χ3v) is 2.60. The summed E-state index contributed by atoms with van der Waals surface area (Å²) in [4.78, 5) is 28.2. The molecule has 0 unspecified atom stereocenters. The zero-order valence-corrected chi connectivity index (χ0v) is 11.5. The second kappa shape index (κ2) is 5.03. The van der Waals surface area contributed by atoms with Crippen molar-refractivity contribution in [3.05, 3.63) is 35.9 Å². The zero-order valence-electron chi connectivity index (χ0n) is 11.5. The van der Waals surface area contributed by atoms with Gasteiger partial charge >= 0.3 is 6.09 Å². The van der Waals surface area contributed by atoms with Gasteiger partial charge in [0.25, 0.3) is 5.91 Å². The maximum Gasteiger partial charge on any atom is 0.417 e. The molecule has 0 aromatic carbocycles. The maximum atomic E-state index is 12.8. The van der Waals surface area contributed by atoms with Crippen LogP contribution in [0.3, 0.4) is 0 Å². The van der Waals surface area contributed by atoms with Crippen molar-refractivity contribution in [3.8, 4) is 0 Å². The van der Waals surface area contributed by atoms with Gasteiger partial charge in [0.2, 0.25) is 5.95 Å². The lowest BCUT2D eigenvalue weighted by Gasteiger charge is -2.23. The summed E-state index contributed by atoms with van der Waals surface area (Å²) in [5.41, 5.74) is 0.538. The Hall–Kier alpha value is -2.24. The van der Waals surface area contributed by atoms with Crippen LogP contribution >= 0.6 is 0 Å². The molecule has 0 bridgehead atoms. The van der Waals surface area contributed by atoms with Crippen LogP contribution in [0.1, 0.15) is 26.3 Å². The first-order valence-electron chi connectivity index (χ1n) is 6.13. The Morgan fingerprint density at radius 2 is 2.10 bits per heavy atom. The monoisotopic (exact) mass is 278 g/mol. The molecule has 1 aliphatic heterocycles. The van der Waals surface area contributed by atoms with Gasteiger partial charge in [-0.25, -0.2) is 14.7 Å². The van der Waals surface area contributed by atoms with Gasteiger partial charge in [-0.2, -0.15) is 4.39 Å². The summed E-state index contributed by atoms with van der Waals surface area (Å²) in [7, 11) is 0. The SMILES string of the molecule is CC(C)(C)OC(=O)N1CC(c2ccc(F)nc2)=CC1=O. The van der Waals surface area contributed by atoms with Crippen molar-refractivity contribution in [1.82, 2.24) is 9.88 Å². The summed E-state index contributed by atoms with van der Waals surface area (Å²) in [5, 5.41) is 0. The molecular weight excluding hydrogens is 263 g/mol. The number of amides is 2. The normalized spacial score (nSPS) is 15.3. The van der Waals surface area contributed by atoms with Crippen molar-refractivity contribution in [3.63, 3.8) is 0 Å². The molecule has 0 atom stereocenters. The van der Waals surface area contributed by atoms with E-state index in [1.807, 2.05) is 0 Å². The fourth-order valence-corrected chi connectivity index (χ4v) is 1.73. The zero-order chi connectivity index (χ0) is 14.9. The minimum Gasteiger partial charge on any atom is -0.443 e. The van der Waals surface area contributed by atoms with E-state index in [1.165, 1.54) is 24.4 Å². The summed E-state index contributed by atoms with van der Waals surface area (Å²) in [6.07, 6.45) is 1.97. The highest BCUT2D eigenvalue weighted by Crippen LogP contribution is 2.23. The van der Waals surface area contributed by atoms with Gasteiger partial charge in [-0.3, -0.25) is 4.79 Å². The van der Waals surface area contributed by atoms with E-state index in [0.717, 1.165) is 4.90 Å². The third kappa shape index (κ3) is 3.20. The number of carbonyl (C=O) groups excluding carboxylic acids is 2. The number of hydrogen-bond donors (Lipinski definition) is 0. The minimum absolute atomic E-state index is 0.0983. The molecule has 2 heterocycles. The molecule has 20 heavy (non-hydrogen) atoms. The van der Waals surface area contributed by atoms with Gasteiger partial charge in [-0.1, -0.05) is 0 Å². The Morgan fingerprint density at radius 1 is 1.40 bits per heavy atom. The maximum absolute atomic E-state index is 12.8. The molecule has 0 radical (unpaired) electrons. The average Bonchev–Trinajstić information content (AvgIpc) is 2.70. The molecule has 106 valence electrons. The van der Waals surface area contributed by atoms with Crippen molar-refractivity contribution in [2.75, 3.05) is 6.54 Å². The number of hydrogen-bond acceptors (Lipinski definition) is 4. The molecule has 0 saturated heterocycles. The summed E-state index contributed by atoms with van der Waals surface area (Å²) in [6.45, 7) is 5.28. The first kappa shape index (κ1) is 14.2. The first-order chi connectivity index (χ1) is 9.26. The number of nitrogens with zero attached hydrogens (tertiary/aromatic N) is 2. The Labute approximate surface area is 116 Å². The summed E-state index contributed by atoms with van der Waals surface area (Å²) in [5.74, 6) is -1.04. The van der Waals surface area contributed by atoms with Crippen LogP contribution in [0.2, 0.25) is 0 Å². The topological polar surface area (TPSA) is 59.5 Å². The second-order valence-corrected chi connectivity index (χ2v) is 5.44. The van der Waals surface area contributed by atoms with Crippen molar-refractivity contribution >= 4 is 17.6 Å². The third-order valence-electron chi connectivity index (χ3n) is 2.60. The lowest BCUT2D eigenvalue weighted by atomic mass is 10.1. The molecule has 0 fully saturated rings. The minimum atomic E-state index is -0.691. The van der Waals surface area contributed by atoms with Crippen LogP contribution in [0.25, 0.3) is 5.57 Å². The van der Waals surface area contributed by atoms with E-state index in [0.29, 0.717) is 11.1 Å². The van der Waals surface area contributed by atoms with Gasteiger partial charge in [0, 0.05) is 12.3 Å². The molecule has 0 spiro atoms. The Kier molecular flexibility index (Phi) is 3.57. The molecular formula is C14H15FN2O3. The molecule has 1 aliphatic rings. The number of imide groups is 1. The van der Waals surface area contributed by atoms with Gasteiger partial charge in [-0.05, 0) is 44.0 Å². The van der Waals surface area contributed by atoms with Crippen molar-refractivity contribution in [1.29, 1.82) is 0 Å². The average molecular weight is 278 g/mol. The van der Waals surface area contributed by atoms with E-state index < -0.39 is 23.5 Å². The van der Waals surface area contributed by atoms with Crippen molar-refractivity contribution in [2.24, 2.45) is 0 Å². The van der Waals surface area contributed by atoms with Crippen LogP contribution in [0, 0.1) is 5.95 Å². The van der Waals surface area contributed by atoms with Gasteiger partial charge in [0.05, 0.1) is 6.54 Å². The number of pyridine rings is 1. The number of carbonyl (C=O) groups is 2. The largest absolute Gasteiger partial charge is 0.443 e. The lowest BCUT2D eigenvalue weighted by Crippen LogP contribution is -2.38. The summed E-state index contributed by atoms with van der Waals surface area (Å²) in [6, 6.07) is 2.72. The molecule has 2 rings (SSSR count). The Morgan fingerprint density at radius 3 is 2.65 bits per heavy atom. The quantitative estimate of drug-likeness (QED) is 0.740. The van der Waals surface area contributed by atoms with Crippen LogP contribution in [-0.2, 0) is 9.53 Å². The fourth-order valence-electron chi connectivity index (χ4n) is 1.73. The predicted octanol–water partition coefficient (Wildman–Crippen LogP) is 2.38. The number of halogens is 1. The highest BCUT2D eigenvalue weighted by Gasteiger charge is 2.31. The molecule has 5 nitrogen and oxygen atoms in total. The smallest absolute Gasteiger partial charge is 0.417 e. The highest BCUT2D eigenvalue weighted by atomic mass is 19.1. The molecule has 0 aliphatic carbocycles. The van der Waals surface area contributed by atoms with E-state index in [-0.39, 0.29) is 6.54 Å². The Bertz CT molecular complexity index is 573. The lowest BCUT2D eigenvalue weighted by molar-refractivity contribution is -0.123. The molecule has 0 N–H and O–H groups in total. The Balaban J connectivity index is 2.11. The van der Waals surface area contributed by atoms with E-state index >= 15 is 0 Å². The van der Waals surface area contributed by atoms with Crippen LogP contribution in [0.5, 0.6) is 0 Å². The summed E-state index contributed by atoms with van der Waals surface area (Å²) >= 11 is 0.